The summed E-state index contributed by atoms with van der Waals surface area (Å²) in [5, 5.41) is 3.07. The minimum atomic E-state index is 0.153. The molecule has 1 fully saturated rings. The second-order valence-electron chi connectivity index (χ2n) is 7.34. The monoisotopic (exact) mass is 362 g/mol. The highest BCUT2D eigenvalue weighted by atomic mass is 16.1. The Morgan fingerprint density at radius 3 is 2.74 bits per heavy atom. The number of rotatable bonds is 7. The van der Waals surface area contributed by atoms with Crippen molar-refractivity contribution in [1.29, 1.82) is 0 Å². The number of carbonyl (C=O) groups is 1. The van der Waals surface area contributed by atoms with E-state index in [0.29, 0.717) is 19.5 Å². The molecule has 140 valence electrons. The summed E-state index contributed by atoms with van der Waals surface area (Å²) in [5.74, 6) is 1.80. The zero-order valence-corrected chi connectivity index (χ0v) is 15.6. The highest BCUT2D eigenvalue weighted by Gasteiger charge is 2.16. The number of pyridine rings is 1. The van der Waals surface area contributed by atoms with Crippen LogP contribution in [0.3, 0.4) is 0 Å². The molecule has 5 nitrogen and oxygen atoms in total. The van der Waals surface area contributed by atoms with Crippen molar-refractivity contribution < 1.29 is 4.79 Å². The van der Waals surface area contributed by atoms with E-state index in [-0.39, 0.29) is 5.91 Å². The number of fused-ring (bicyclic) bond motifs is 1. The van der Waals surface area contributed by atoms with Crippen LogP contribution in [0.2, 0.25) is 0 Å². The van der Waals surface area contributed by atoms with E-state index < -0.39 is 0 Å². The van der Waals surface area contributed by atoms with Crippen LogP contribution in [-0.4, -0.2) is 27.0 Å². The Morgan fingerprint density at radius 2 is 1.93 bits per heavy atom. The summed E-state index contributed by atoms with van der Waals surface area (Å²) in [4.78, 5) is 21.5. The molecule has 0 bridgehead atoms. The number of nitrogens with one attached hydrogen (secondary N) is 1. The van der Waals surface area contributed by atoms with Crippen LogP contribution in [0.4, 0.5) is 0 Å². The van der Waals surface area contributed by atoms with Crippen molar-refractivity contribution in [2.75, 3.05) is 6.54 Å². The van der Waals surface area contributed by atoms with Crippen molar-refractivity contribution in [3.63, 3.8) is 0 Å². The van der Waals surface area contributed by atoms with Gasteiger partial charge in [-0.25, -0.2) is 9.97 Å². The second-order valence-corrected chi connectivity index (χ2v) is 7.34. The lowest BCUT2D eigenvalue weighted by Crippen LogP contribution is -2.27. The minimum absolute atomic E-state index is 0.153. The Morgan fingerprint density at radius 1 is 1.11 bits per heavy atom. The van der Waals surface area contributed by atoms with Crippen LogP contribution >= 0.6 is 0 Å². The molecule has 0 aliphatic heterocycles. The Kier molecular flexibility index (Phi) is 5.47. The van der Waals surface area contributed by atoms with Crippen molar-refractivity contribution in [1.82, 2.24) is 19.9 Å². The van der Waals surface area contributed by atoms with E-state index in [1.807, 2.05) is 30.3 Å². The van der Waals surface area contributed by atoms with Crippen molar-refractivity contribution in [3.05, 3.63) is 48.7 Å². The van der Waals surface area contributed by atoms with E-state index in [0.717, 1.165) is 34.9 Å². The summed E-state index contributed by atoms with van der Waals surface area (Å²) < 4.78 is 2.10. The van der Waals surface area contributed by atoms with Gasteiger partial charge in [0, 0.05) is 31.3 Å². The number of imidazole rings is 1. The Balaban J connectivity index is 1.42. The standard InChI is InChI=1S/C22H26N4O/c27-20(13-12-17-7-4-5-8-17)23-15-16-26-21(18-9-2-1-3-10-18)25-19-11-6-14-24-22(19)26/h1-3,6,9-11,14,17H,4-5,7-8,12-13,15-16H2,(H,23,27). The Hall–Kier alpha value is -2.69. The van der Waals surface area contributed by atoms with Crippen LogP contribution in [0.1, 0.15) is 38.5 Å². The first-order chi connectivity index (χ1) is 13.3. The molecular formula is C22H26N4O. The largest absolute Gasteiger partial charge is 0.354 e. The lowest BCUT2D eigenvalue weighted by molar-refractivity contribution is -0.121. The van der Waals surface area contributed by atoms with Gasteiger partial charge in [-0.3, -0.25) is 4.79 Å². The summed E-state index contributed by atoms with van der Waals surface area (Å²) in [6, 6.07) is 14.0. The van der Waals surface area contributed by atoms with Gasteiger partial charge in [-0.1, -0.05) is 56.0 Å². The zero-order chi connectivity index (χ0) is 18.5. The first kappa shape index (κ1) is 17.7. The quantitative estimate of drug-likeness (QED) is 0.686. The van der Waals surface area contributed by atoms with Gasteiger partial charge in [0.15, 0.2) is 5.65 Å². The van der Waals surface area contributed by atoms with Gasteiger partial charge in [-0.05, 0) is 24.5 Å². The molecule has 1 N–H and O–H groups in total. The van der Waals surface area contributed by atoms with Gasteiger partial charge in [0.1, 0.15) is 11.3 Å². The maximum atomic E-state index is 12.2. The highest BCUT2D eigenvalue weighted by molar-refractivity contribution is 5.77. The van der Waals surface area contributed by atoms with Gasteiger partial charge in [0.2, 0.25) is 5.91 Å². The average Bonchev–Trinajstić information content (AvgIpc) is 3.35. The molecule has 1 amide bonds. The van der Waals surface area contributed by atoms with Crippen molar-refractivity contribution in [2.45, 2.75) is 45.1 Å². The third kappa shape index (κ3) is 4.18. The molecule has 1 aromatic carbocycles. The average molecular weight is 362 g/mol. The summed E-state index contributed by atoms with van der Waals surface area (Å²) >= 11 is 0. The Bertz CT molecular complexity index is 897. The van der Waals surface area contributed by atoms with E-state index in [4.69, 9.17) is 4.98 Å². The molecule has 0 atom stereocenters. The number of aromatic nitrogens is 3. The van der Waals surface area contributed by atoms with Crippen LogP contribution in [0, 0.1) is 5.92 Å². The second kappa shape index (κ2) is 8.33. The normalized spacial score (nSPS) is 14.7. The summed E-state index contributed by atoms with van der Waals surface area (Å²) in [5.41, 5.74) is 2.79. The van der Waals surface area contributed by atoms with Gasteiger partial charge in [-0.2, -0.15) is 0 Å². The van der Waals surface area contributed by atoms with Gasteiger partial charge in [-0.15, -0.1) is 0 Å². The fraction of sp³-hybridized carbons (Fsp3) is 0.409. The van der Waals surface area contributed by atoms with Gasteiger partial charge >= 0.3 is 0 Å². The minimum Gasteiger partial charge on any atom is -0.354 e. The van der Waals surface area contributed by atoms with Crippen LogP contribution in [0.5, 0.6) is 0 Å². The van der Waals surface area contributed by atoms with E-state index in [2.05, 4.69) is 27.0 Å². The maximum Gasteiger partial charge on any atom is 0.220 e. The number of carbonyl (C=O) groups excluding carboxylic acids is 1. The fourth-order valence-electron chi connectivity index (χ4n) is 4.01. The fourth-order valence-corrected chi connectivity index (χ4v) is 4.01. The van der Waals surface area contributed by atoms with Crippen molar-refractivity contribution in [2.24, 2.45) is 5.92 Å². The van der Waals surface area contributed by atoms with E-state index >= 15 is 0 Å². The third-order valence-electron chi connectivity index (χ3n) is 5.45. The van der Waals surface area contributed by atoms with Crippen LogP contribution < -0.4 is 5.32 Å². The molecule has 2 heterocycles. The molecule has 0 radical (unpaired) electrons. The van der Waals surface area contributed by atoms with Crippen LogP contribution in [-0.2, 0) is 11.3 Å². The number of hydrogen-bond acceptors (Lipinski definition) is 3. The van der Waals surface area contributed by atoms with Gasteiger partial charge in [0.05, 0.1) is 0 Å². The predicted octanol–water partition coefficient (Wildman–Crippen LogP) is 4.18. The first-order valence-electron chi connectivity index (χ1n) is 9.94. The zero-order valence-electron chi connectivity index (χ0n) is 15.6. The molecule has 0 spiro atoms. The van der Waals surface area contributed by atoms with E-state index in [9.17, 15) is 4.79 Å². The highest BCUT2D eigenvalue weighted by Crippen LogP contribution is 2.28. The summed E-state index contributed by atoms with van der Waals surface area (Å²) in [7, 11) is 0. The van der Waals surface area contributed by atoms with Gasteiger partial charge < -0.3 is 9.88 Å². The smallest absolute Gasteiger partial charge is 0.220 e. The van der Waals surface area contributed by atoms with Crippen LogP contribution in [0.15, 0.2) is 48.7 Å². The summed E-state index contributed by atoms with van der Waals surface area (Å²) in [6.45, 7) is 1.25. The number of nitrogens with zero attached hydrogens (tertiary/aromatic N) is 3. The molecular weight excluding hydrogens is 336 g/mol. The van der Waals surface area contributed by atoms with Gasteiger partial charge in [0.25, 0.3) is 0 Å². The van der Waals surface area contributed by atoms with E-state index in [1.54, 1.807) is 6.20 Å². The molecule has 2 aromatic heterocycles. The Labute approximate surface area is 159 Å². The molecule has 1 saturated carbocycles. The SMILES string of the molecule is O=C(CCC1CCCC1)NCCn1c(-c2ccccc2)nc2cccnc21. The van der Waals surface area contributed by atoms with Crippen molar-refractivity contribution >= 4 is 17.1 Å². The number of hydrogen-bond donors (Lipinski definition) is 1. The van der Waals surface area contributed by atoms with E-state index in [1.165, 1.54) is 25.7 Å². The molecule has 3 aromatic rings. The lowest BCUT2D eigenvalue weighted by atomic mass is 10.0. The topological polar surface area (TPSA) is 59.8 Å². The molecule has 4 rings (SSSR count). The predicted molar refractivity (Wildman–Crippen MR) is 107 cm³/mol. The lowest BCUT2D eigenvalue weighted by Gasteiger charge is -2.11. The molecule has 0 saturated heterocycles. The third-order valence-corrected chi connectivity index (χ3v) is 5.45. The molecule has 0 unspecified atom stereocenters. The molecule has 1 aliphatic rings. The number of amides is 1. The van der Waals surface area contributed by atoms with Crippen LogP contribution in [0.25, 0.3) is 22.6 Å². The van der Waals surface area contributed by atoms with Crippen molar-refractivity contribution in [3.8, 4) is 11.4 Å². The molecule has 27 heavy (non-hydrogen) atoms. The molecule has 1 aliphatic carbocycles. The molecule has 5 heteroatoms. The number of benzene rings is 1. The maximum absolute atomic E-state index is 12.2. The summed E-state index contributed by atoms with van der Waals surface area (Å²) in [6.07, 6.45) is 8.69. The first-order valence-corrected chi connectivity index (χ1v) is 9.94.